The van der Waals surface area contributed by atoms with Gasteiger partial charge in [0.2, 0.25) is 0 Å². The fourth-order valence-corrected chi connectivity index (χ4v) is 2.33. The molecule has 2 rings (SSSR count). The molecule has 1 aromatic heterocycles. The Morgan fingerprint density at radius 3 is 2.58 bits per heavy atom. The zero-order valence-corrected chi connectivity index (χ0v) is 12.1. The first kappa shape index (κ1) is 13.8. The van der Waals surface area contributed by atoms with Crippen molar-refractivity contribution in [2.45, 2.75) is 26.3 Å². The first-order chi connectivity index (χ1) is 9.22. The average molecular weight is 276 g/mol. The summed E-state index contributed by atoms with van der Waals surface area (Å²) < 4.78 is 0. The van der Waals surface area contributed by atoms with E-state index in [0.29, 0.717) is 5.15 Å². The second-order valence-electron chi connectivity index (χ2n) is 4.56. The summed E-state index contributed by atoms with van der Waals surface area (Å²) in [6, 6.07) is 10.3. The van der Waals surface area contributed by atoms with E-state index in [1.165, 1.54) is 11.9 Å². The first-order valence-electron chi connectivity index (χ1n) is 6.46. The number of anilines is 1. The van der Waals surface area contributed by atoms with Gasteiger partial charge in [-0.1, -0.05) is 55.3 Å². The molecule has 0 unspecified atom stereocenters. The van der Waals surface area contributed by atoms with Crippen molar-refractivity contribution in [2.75, 3.05) is 11.9 Å². The Hall–Kier alpha value is -1.61. The van der Waals surface area contributed by atoms with Crippen molar-refractivity contribution in [3.8, 4) is 0 Å². The molecule has 0 fully saturated rings. The van der Waals surface area contributed by atoms with Crippen molar-refractivity contribution in [1.29, 1.82) is 0 Å². The normalized spacial score (nSPS) is 10.5. The maximum atomic E-state index is 6.18. The molecule has 1 heterocycles. The minimum atomic E-state index is 0.562. The lowest BCUT2D eigenvalue weighted by Gasteiger charge is -2.21. The Morgan fingerprint density at radius 1 is 1.16 bits per heavy atom. The second kappa shape index (κ2) is 6.53. The second-order valence-corrected chi connectivity index (χ2v) is 4.92. The maximum absolute atomic E-state index is 6.18. The lowest BCUT2D eigenvalue weighted by molar-refractivity contribution is 0.842. The van der Waals surface area contributed by atoms with Gasteiger partial charge in [-0.05, 0) is 12.0 Å². The van der Waals surface area contributed by atoms with Crippen LogP contribution in [0.4, 0.5) is 5.82 Å². The summed E-state index contributed by atoms with van der Waals surface area (Å²) in [7, 11) is 2.03. The van der Waals surface area contributed by atoms with Crippen molar-refractivity contribution in [3.05, 3.63) is 52.9 Å². The first-order valence-corrected chi connectivity index (χ1v) is 6.84. The molecule has 0 saturated carbocycles. The lowest BCUT2D eigenvalue weighted by Crippen LogP contribution is -2.20. The topological polar surface area (TPSA) is 29.0 Å². The number of halogens is 1. The highest BCUT2D eigenvalue weighted by atomic mass is 35.5. The number of aromatic nitrogens is 2. The predicted molar refractivity (Wildman–Crippen MR) is 79.6 cm³/mol. The molecule has 2 aromatic rings. The maximum Gasteiger partial charge on any atom is 0.137 e. The lowest BCUT2D eigenvalue weighted by atomic mass is 10.1. The van der Waals surface area contributed by atoms with Crippen molar-refractivity contribution < 1.29 is 0 Å². The van der Waals surface area contributed by atoms with Crippen LogP contribution in [-0.4, -0.2) is 17.0 Å². The summed E-state index contributed by atoms with van der Waals surface area (Å²) >= 11 is 6.18. The molecular weight excluding hydrogens is 258 g/mol. The van der Waals surface area contributed by atoms with Crippen LogP contribution in [0, 0.1) is 0 Å². The Morgan fingerprint density at radius 2 is 1.89 bits per heavy atom. The van der Waals surface area contributed by atoms with Crippen LogP contribution in [0.25, 0.3) is 0 Å². The SMILES string of the molecule is CCCc1c(Cl)ncnc1N(C)Cc1ccccc1. The van der Waals surface area contributed by atoms with E-state index in [9.17, 15) is 0 Å². The number of hydrogen-bond acceptors (Lipinski definition) is 3. The molecule has 3 nitrogen and oxygen atoms in total. The van der Waals surface area contributed by atoms with Gasteiger partial charge in [-0.25, -0.2) is 9.97 Å². The Labute approximate surface area is 119 Å². The molecule has 0 atom stereocenters. The van der Waals surface area contributed by atoms with Crippen molar-refractivity contribution in [2.24, 2.45) is 0 Å². The molecule has 0 aliphatic rings. The van der Waals surface area contributed by atoms with E-state index in [1.54, 1.807) is 0 Å². The molecule has 4 heteroatoms. The molecule has 0 aliphatic heterocycles. The minimum absolute atomic E-state index is 0.562. The smallest absolute Gasteiger partial charge is 0.137 e. The number of rotatable bonds is 5. The summed E-state index contributed by atoms with van der Waals surface area (Å²) in [6.07, 6.45) is 3.45. The van der Waals surface area contributed by atoms with Crippen LogP contribution in [0.3, 0.4) is 0 Å². The molecule has 0 aliphatic carbocycles. The molecule has 0 radical (unpaired) electrons. The van der Waals surface area contributed by atoms with Gasteiger partial charge in [0.25, 0.3) is 0 Å². The van der Waals surface area contributed by atoms with Crippen LogP contribution in [0.5, 0.6) is 0 Å². The fourth-order valence-electron chi connectivity index (χ4n) is 2.11. The molecule has 19 heavy (non-hydrogen) atoms. The van der Waals surface area contributed by atoms with Gasteiger partial charge in [-0.3, -0.25) is 0 Å². The van der Waals surface area contributed by atoms with E-state index < -0.39 is 0 Å². The standard InChI is InChI=1S/C15H18ClN3/c1-3-7-13-14(16)17-11-18-15(13)19(2)10-12-8-5-4-6-9-12/h4-6,8-9,11H,3,7,10H2,1-2H3. The van der Waals surface area contributed by atoms with Crippen LogP contribution in [0.2, 0.25) is 5.15 Å². The highest BCUT2D eigenvalue weighted by molar-refractivity contribution is 6.30. The van der Waals surface area contributed by atoms with Gasteiger partial charge in [-0.15, -0.1) is 0 Å². The minimum Gasteiger partial charge on any atom is -0.355 e. The predicted octanol–water partition coefficient (Wildman–Crippen LogP) is 3.72. The highest BCUT2D eigenvalue weighted by Crippen LogP contribution is 2.24. The van der Waals surface area contributed by atoms with Gasteiger partial charge in [0.05, 0.1) is 0 Å². The van der Waals surface area contributed by atoms with E-state index in [0.717, 1.165) is 30.8 Å². The van der Waals surface area contributed by atoms with E-state index >= 15 is 0 Å². The summed E-state index contributed by atoms with van der Waals surface area (Å²) in [5.74, 6) is 0.922. The van der Waals surface area contributed by atoms with Gasteiger partial charge in [-0.2, -0.15) is 0 Å². The van der Waals surface area contributed by atoms with Gasteiger partial charge in [0.1, 0.15) is 17.3 Å². The van der Waals surface area contributed by atoms with Crippen molar-refractivity contribution in [3.63, 3.8) is 0 Å². The van der Waals surface area contributed by atoms with Crippen molar-refractivity contribution in [1.82, 2.24) is 9.97 Å². The average Bonchev–Trinajstić information content (AvgIpc) is 2.42. The fraction of sp³-hybridized carbons (Fsp3) is 0.333. The molecule has 100 valence electrons. The van der Waals surface area contributed by atoms with Gasteiger partial charge >= 0.3 is 0 Å². The quantitative estimate of drug-likeness (QED) is 0.779. The van der Waals surface area contributed by atoms with E-state index in [-0.39, 0.29) is 0 Å². The Balaban J connectivity index is 2.23. The summed E-state index contributed by atoms with van der Waals surface area (Å²) in [6.45, 7) is 2.94. The van der Waals surface area contributed by atoms with E-state index in [2.05, 4.69) is 33.9 Å². The summed E-state index contributed by atoms with van der Waals surface area (Å²) in [5, 5.41) is 0.562. The van der Waals surface area contributed by atoms with Crippen LogP contribution >= 0.6 is 11.6 Å². The zero-order valence-electron chi connectivity index (χ0n) is 11.3. The van der Waals surface area contributed by atoms with Gasteiger partial charge in [0, 0.05) is 19.2 Å². The highest BCUT2D eigenvalue weighted by Gasteiger charge is 2.13. The molecule has 0 N–H and O–H groups in total. The van der Waals surface area contributed by atoms with Crippen LogP contribution < -0.4 is 4.90 Å². The van der Waals surface area contributed by atoms with Crippen LogP contribution in [-0.2, 0) is 13.0 Å². The number of nitrogens with zero attached hydrogens (tertiary/aromatic N) is 3. The number of benzene rings is 1. The zero-order chi connectivity index (χ0) is 13.7. The van der Waals surface area contributed by atoms with Crippen molar-refractivity contribution >= 4 is 17.4 Å². The third-order valence-corrected chi connectivity index (χ3v) is 3.32. The van der Waals surface area contributed by atoms with E-state index in [4.69, 9.17) is 11.6 Å². The largest absolute Gasteiger partial charge is 0.355 e. The Kier molecular flexibility index (Phi) is 4.74. The summed E-state index contributed by atoms with van der Waals surface area (Å²) in [4.78, 5) is 10.6. The third kappa shape index (κ3) is 3.44. The monoisotopic (exact) mass is 275 g/mol. The number of hydrogen-bond donors (Lipinski definition) is 0. The van der Waals surface area contributed by atoms with Crippen LogP contribution in [0.15, 0.2) is 36.7 Å². The van der Waals surface area contributed by atoms with E-state index in [1.807, 2.05) is 25.2 Å². The third-order valence-electron chi connectivity index (χ3n) is 2.99. The molecule has 1 aromatic carbocycles. The molecular formula is C15H18ClN3. The molecule has 0 bridgehead atoms. The molecule has 0 spiro atoms. The van der Waals surface area contributed by atoms with Gasteiger partial charge < -0.3 is 4.90 Å². The molecule has 0 amide bonds. The van der Waals surface area contributed by atoms with Crippen LogP contribution in [0.1, 0.15) is 24.5 Å². The van der Waals surface area contributed by atoms with Gasteiger partial charge in [0.15, 0.2) is 0 Å². The Bertz CT molecular complexity index is 528. The molecule has 0 saturated heterocycles. The summed E-state index contributed by atoms with van der Waals surface area (Å²) in [5.41, 5.74) is 2.28.